The van der Waals surface area contributed by atoms with E-state index in [1.807, 2.05) is 6.92 Å². The molecule has 0 aliphatic rings. The molecular weight excluding hydrogens is 345 g/mol. The molecular formula is C13H15Cl2N5OS. The van der Waals surface area contributed by atoms with Crippen LogP contribution in [0.4, 0.5) is 0 Å². The number of hydrogen-bond acceptors (Lipinski definition) is 5. The summed E-state index contributed by atoms with van der Waals surface area (Å²) in [4.78, 5) is 11.8. The number of nitrogens with one attached hydrogen (secondary N) is 1. The van der Waals surface area contributed by atoms with E-state index in [2.05, 4.69) is 15.5 Å². The quantitative estimate of drug-likeness (QED) is 0.632. The summed E-state index contributed by atoms with van der Waals surface area (Å²) in [6.45, 7) is 4.21. The van der Waals surface area contributed by atoms with Gasteiger partial charge in [0.25, 0.3) is 0 Å². The van der Waals surface area contributed by atoms with Gasteiger partial charge in [-0.25, -0.2) is 4.68 Å². The molecule has 2 rings (SSSR count). The van der Waals surface area contributed by atoms with Gasteiger partial charge in [-0.1, -0.05) is 35.0 Å². The van der Waals surface area contributed by atoms with Gasteiger partial charge in [-0.05, 0) is 32.0 Å². The lowest BCUT2D eigenvalue weighted by molar-refractivity contribution is -0.120. The Bertz CT molecular complexity index is 691. The van der Waals surface area contributed by atoms with E-state index < -0.39 is 0 Å². The van der Waals surface area contributed by atoms with E-state index in [0.717, 1.165) is 0 Å². The van der Waals surface area contributed by atoms with Gasteiger partial charge < -0.3 is 11.2 Å². The molecule has 22 heavy (non-hydrogen) atoms. The number of benzene rings is 1. The Morgan fingerprint density at radius 1 is 1.45 bits per heavy atom. The third-order valence-corrected chi connectivity index (χ3v) is 4.46. The number of nitrogens with zero attached hydrogens (tertiary/aromatic N) is 3. The average molecular weight is 360 g/mol. The van der Waals surface area contributed by atoms with Crippen molar-refractivity contribution in [2.45, 2.75) is 24.3 Å². The summed E-state index contributed by atoms with van der Waals surface area (Å²) in [5.74, 6) is 6.32. The van der Waals surface area contributed by atoms with Crippen molar-refractivity contribution < 1.29 is 4.79 Å². The molecule has 0 unspecified atom stereocenters. The summed E-state index contributed by atoms with van der Waals surface area (Å²) in [6.07, 6.45) is 0. The van der Waals surface area contributed by atoms with Crippen molar-refractivity contribution in [3.63, 3.8) is 0 Å². The Hall–Kier alpha value is -1.44. The van der Waals surface area contributed by atoms with Crippen molar-refractivity contribution in [3.8, 4) is 11.4 Å². The lowest BCUT2D eigenvalue weighted by atomic mass is 10.2. The Morgan fingerprint density at radius 3 is 2.86 bits per heavy atom. The maximum atomic E-state index is 11.8. The van der Waals surface area contributed by atoms with E-state index in [1.54, 1.807) is 25.1 Å². The predicted molar refractivity (Wildman–Crippen MR) is 89.6 cm³/mol. The van der Waals surface area contributed by atoms with Gasteiger partial charge in [0, 0.05) is 17.1 Å². The first-order valence-electron chi connectivity index (χ1n) is 6.54. The van der Waals surface area contributed by atoms with Crippen molar-refractivity contribution >= 4 is 40.9 Å². The number of amides is 1. The number of nitrogen functional groups attached to an aromatic ring is 1. The molecule has 0 fully saturated rings. The molecule has 3 N–H and O–H groups in total. The van der Waals surface area contributed by atoms with Crippen molar-refractivity contribution in [1.82, 2.24) is 20.2 Å². The number of carbonyl (C=O) groups is 1. The maximum Gasteiger partial charge on any atom is 0.233 e. The Morgan fingerprint density at radius 2 is 2.18 bits per heavy atom. The van der Waals surface area contributed by atoms with Gasteiger partial charge in [0.1, 0.15) is 0 Å². The van der Waals surface area contributed by atoms with Gasteiger partial charge in [-0.2, -0.15) is 0 Å². The molecule has 0 aliphatic carbocycles. The van der Waals surface area contributed by atoms with Crippen LogP contribution in [0.25, 0.3) is 11.4 Å². The van der Waals surface area contributed by atoms with E-state index in [0.29, 0.717) is 33.1 Å². The van der Waals surface area contributed by atoms with Crippen LogP contribution in [-0.2, 0) is 4.79 Å². The molecule has 1 heterocycles. The van der Waals surface area contributed by atoms with Crippen LogP contribution in [0.1, 0.15) is 13.8 Å². The molecule has 0 radical (unpaired) electrons. The number of rotatable bonds is 5. The smallest absolute Gasteiger partial charge is 0.233 e. The van der Waals surface area contributed by atoms with Crippen molar-refractivity contribution in [2.24, 2.45) is 0 Å². The molecule has 0 saturated carbocycles. The number of hydrogen-bond donors (Lipinski definition) is 2. The minimum atomic E-state index is -0.339. The molecule has 9 heteroatoms. The van der Waals surface area contributed by atoms with Crippen molar-refractivity contribution in [1.29, 1.82) is 0 Å². The highest BCUT2D eigenvalue weighted by molar-refractivity contribution is 8.00. The fourth-order valence-corrected chi connectivity index (χ4v) is 2.91. The van der Waals surface area contributed by atoms with Gasteiger partial charge in [-0.15, -0.1) is 10.2 Å². The molecule has 1 aromatic heterocycles. The Kier molecular flexibility index (Phi) is 5.55. The maximum absolute atomic E-state index is 11.8. The van der Waals surface area contributed by atoms with E-state index in [9.17, 15) is 4.79 Å². The zero-order valence-electron chi connectivity index (χ0n) is 12.0. The van der Waals surface area contributed by atoms with E-state index >= 15 is 0 Å². The summed E-state index contributed by atoms with van der Waals surface area (Å²) in [5.41, 5.74) is 0.585. The van der Waals surface area contributed by atoms with E-state index in [1.165, 1.54) is 16.4 Å². The van der Waals surface area contributed by atoms with Crippen LogP contribution in [0.3, 0.4) is 0 Å². The van der Waals surface area contributed by atoms with Crippen LogP contribution in [0.15, 0.2) is 23.4 Å². The van der Waals surface area contributed by atoms with Crippen molar-refractivity contribution in [3.05, 3.63) is 28.2 Å². The number of nitrogens with two attached hydrogens (primary N) is 1. The fourth-order valence-electron chi connectivity index (χ4n) is 1.74. The SMILES string of the molecule is CCNC(=O)[C@@H](C)Sc1nnc(-c2cc(Cl)ccc2Cl)n1N. The highest BCUT2D eigenvalue weighted by Gasteiger charge is 2.20. The van der Waals surface area contributed by atoms with Crippen LogP contribution in [-0.4, -0.2) is 32.6 Å². The molecule has 1 amide bonds. The summed E-state index contributed by atoms with van der Waals surface area (Å²) < 4.78 is 1.30. The molecule has 6 nitrogen and oxygen atoms in total. The average Bonchev–Trinajstić information content (AvgIpc) is 2.83. The minimum absolute atomic E-state index is 0.0853. The van der Waals surface area contributed by atoms with Crippen LogP contribution >= 0.6 is 35.0 Å². The normalized spacial score (nSPS) is 12.2. The van der Waals surface area contributed by atoms with Crippen LogP contribution < -0.4 is 11.2 Å². The van der Waals surface area contributed by atoms with Gasteiger partial charge in [0.05, 0.1) is 10.3 Å². The van der Waals surface area contributed by atoms with Crippen LogP contribution in [0, 0.1) is 0 Å². The predicted octanol–water partition coefficient (Wildman–Crippen LogP) is 2.58. The molecule has 1 atom stereocenters. The lowest BCUT2D eigenvalue weighted by Crippen LogP contribution is -2.31. The summed E-state index contributed by atoms with van der Waals surface area (Å²) in [7, 11) is 0. The van der Waals surface area contributed by atoms with Gasteiger partial charge >= 0.3 is 0 Å². The van der Waals surface area contributed by atoms with Gasteiger partial charge in [-0.3, -0.25) is 4.79 Å². The van der Waals surface area contributed by atoms with Crippen LogP contribution in [0.2, 0.25) is 10.0 Å². The van der Waals surface area contributed by atoms with Gasteiger partial charge in [0.15, 0.2) is 5.82 Å². The monoisotopic (exact) mass is 359 g/mol. The summed E-state index contributed by atoms with van der Waals surface area (Å²) in [6, 6.07) is 5.01. The zero-order chi connectivity index (χ0) is 16.3. The Balaban J connectivity index is 2.26. The van der Waals surface area contributed by atoms with Crippen molar-refractivity contribution in [2.75, 3.05) is 12.4 Å². The molecule has 2 aromatic rings. The first kappa shape index (κ1) is 16.9. The topological polar surface area (TPSA) is 85.8 Å². The molecule has 1 aromatic carbocycles. The molecule has 0 bridgehead atoms. The number of carbonyl (C=O) groups excluding carboxylic acids is 1. The largest absolute Gasteiger partial charge is 0.355 e. The second kappa shape index (κ2) is 7.21. The van der Waals surface area contributed by atoms with E-state index in [-0.39, 0.29) is 11.2 Å². The highest BCUT2D eigenvalue weighted by Crippen LogP contribution is 2.31. The standard InChI is InChI=1S/C13H15Cl2N5OS/c1-3-17-12(21)7(2)22-13-19-18-11(20(13)16)9-6-8(14)4-5-10(9)15/h4-7H,3,16H2,1-2H3,(H,17,21)/t7-/m1/s1. The molecule has 118 valence electrons. The lowest BCUT2D eigenvalue weighted by Gasteiger charge is -2.10. The minimum Gasteiger partial charge on any atom is -0.355 e. The fraction of sp³-hybridized carbons (Fsp3) is 0.308. The second-order valence-corrected chi connectivity index (χ2v) is 6.61. The summed E-state index contributed by atoms with van der Waals surface area (Å²) >= 11 is 13.3. The molecule has 0 spiro atoms. The highest BCUT2D eigenvalue weighted by atomic mass is 35.5. The first-order chi connectivity index (χ1) is 10.4. The Labute approximate surface area is 142 Å². The molecule has 0 aliphatic heterocycles. The van der Waals surface area contributed by atoms with Gasteiger partial charge in [0.2, 0.25) is 11.1 Å². The molecule has 0 saturated heterocycles. The van der Waals surface area contributed by atoms with Crippen LogP contribution in [0.5, 0.6) is 0 Å². The number of thioether (sulfide) groups is 1. The van der Waals surface area contributed by atoms with E-state index in [4.69, 9.17) is 29.0 Å². The summed E-state index contributed by atoms with van der Waals surface area (Å²) in [5, 5.41) is 11.9. The first-order valence-corrected chi connectivity index (χ1v) is 8.17. The number of halogens is 2. The number of aromatic nitrogens is 3. The third-order valence-electron chi connectivity index (χ3n) is 2.84. The zero-order valence-corrected chi connectivity index (χ0v) is 14.3. The second-order valence-electron chi connectivity index (χ2n) is 4.46. The third kappa shape index (κ3) is 3.66.